The fourth-order valence-corrected chi connectivity index (χ4v) is 8.70. The monoisotopic (exact) mass is 510 g/mol. The third kappa shape index (κ3) is 3.72. The Hall–Kier alpha value is -2.58. The van der Waals surface area contributed by atoms with E-state index >= 15 is 0 Å². The van der Waals surface area contributed by atoms with Gasteiger partial charge in [0.25, 0.3) is 5.91 Å². The highest BCUT2D eigenvalue weighted by molar-refractivity contribution is 8.02. The Morgan fingerprint density at radius 1 is 1.08 bits per heavy atom. The standard InChI is InChI=1S/C28H34N2O5S/c1-18-10-7-11-19(2)22(18)29-14-8-13-28-20(24(32)30(15-9-16-31)23(28)25(29)33)21-26(34)35-17-6-4-5-12-27(21,3)36-28/h5,7-8,10-13,20-21,23,31H,4,6,9,14-17H2,1-3H3/b12-5-/t20-,21-,23?,27+,28-/m0/s1. The van der Waals surface area contributed by atoms with Crippen molar-refractivity contribution in [2.75, 3.05) is 31.2 Å². The number of allylic oxidation sites excluding steroid dienone is 1. The molecule has 1 N–H and O–H groups in total. The number of ether oxygens (including phenoxy) is 1. The van der Waals surface area contributed by atoms with Crippen LogP contribution >= 0.6 is 11.8 Å². The van der Waals surface area contributed by atoms with Gasteiger partial charge in [-0.05, 0) is 51.2 Å². The zero-order valence-corrected chi connectivity index (χ0v) is 21.9. The van der Waals surface area contributed by atoms with Gasteiger partial charge in [0.05, 0.1) is 23.2 Å². The van der Waals surface area contributed by atoms with E-state index in [4.69, 9.17) is 4.74 Å². The fourth-order valence-electron chi connectivity index (χ4n) is 6.55. The molecule has 192 valence electrons. The van der Waals surface area contributed by atoms with Crippen LogP contribution in [0, 0.1) is 25.7 Å². The predicted molar refractivity (Wildman–Crippen MR) is 140 cm³/mol. The first-order valence-corrected chi connectivity index (χ1v) is 13.6. The number of aryl methyl sites for hydroxylation is 2. The second-order valence-corrected chi connectivity index (χ2v) is 12.2. The summed E-state index contributed by atoms with van der Waals surface area (Å²) < 4.78 is 4.06. The van der Waals surface area contributed by atoms with Crippen LogP contribution in [-0.2, 0) is 19.1 Å². The van der Waals surface area contributed by atoms with E-state index in [0.717, 1.165) is 29.7 Å². The van der Waals surface area contributed by atoms with Crippen LogP contribution in [-0.4, -0.2) is 69.6 Å². The first-order valence-electron chi connectivity index (χ1n) is 12.8. The number of rotatable bonds is 4. The lowest BCUT2D eigenvalue weighted by molar-refractivity contribution is -0.154. The van der Waals surface area contributed by atoms with Crippen LogP contribution < -0.4 is 4.90 Å². The van der Waals surface area contributed by atoms with Gasteiger partial charge < -0.3 is 19.6 Å². The minimum atomic E-state index is -0.906. The Bertz CT molecular complexity index is 1130. The highest BCUT2D eigenvalue weighted by Crippen LogP contribution is 2.65. The summed E-state index contributed by atoms with van der Waals surface area (Å²) in [6.45, 7) is 6.85. The number of amides is 2. The molecule has 1 spiro atoms. The molecule has 0 aromatic heterocycles. The summed E-state index contributed by atoms with van der Waals surface area (Å²) >= 11 is 1.55. The number of cyclic esters (lactones) is 1. The van der Waals surface area contributed by atoms with Gasteiger partial charge in [0.15, 0.2) is 0 Å². The zero-order chi connectivity index (χ0) is 25.7. The van der Waals surface area contributed by atoms with Crippen molar-refractivity contribution < 1.29 is 24.2 Å². The summed E-state index contributed by atoms with van der Waals surface area (Å²) in [7, 11) is 0. The number of likely N-dealkylation sites (tertiary alicyclic amines) is 1. The molecule has 2 saturated heterocycles. The lowest BCUT2D eigenvalue weighted by atomic mass is 9.74. The number of carbonyl (C=O) groups is 3. The summed E-state index contributed by atoms with van der Waals surface area (Å²) in [6.07, 6.45) is 10.0. The number of anilines is 1. The Labute approximate surface area is 216 Å². The largest absolute Gasteiger partial charge is 0.465 e. The second kappa shape index (κ2) is 9.38. The number of benzene rings is 1. The minimum absolute atomic E-state index is 0.0854. The molecule has 0 bridgehead atoms. The minimum Gasteiger partial charge on any atom is -0.465 e. The topological polar surface area (TPSA) is 87.2 Å². The van der Waals surface area contributed by atoms with Crippen LogP contribution in [0.5, 0.6) is 0 Å². The zero-order valence-electron chi connectivity index (χ0n) is 21.1. The van der Waals surface area contributed by atoms with Gasteiger partial charge in [0.1, 0.15) is 6.04 Å². The lowest BCUT2D eigenvalue weighted by Gasteiger charge is -2.37. The van der Waals surface area contributed by atoms with Crippen LogP contribution in [0.4, 0.5) is 5.69 Å². The Kier molecular flexibility index (Phi) is 6.53. The molecule has 36 heavy (non-hydrogen) atoms. The second-order valence-electron chi connectivity index (χ2n) is 10.4. The summed E-state index contributed by atoms with van der Waals surface area (Å²) in [6, 6.07) is 5.17. The highest BCUT2D eigenvalue weighted by atomic mass is 32.2. The number of carbonyl (C=O) groups excluding carboxylic acids is 3. The first-order chi connectivity index (χ1) is 17.2. The average Bonchev–Trinajstić information content (AvgIpc) is 3.18. The third-order valence-electron chi connectivity index (χ3n) is 8.02. The van der Waals surface area contributed by atoms with Crippen molar-refractivity contribution >= 4 is 35.2 Å². The van der Waals surface area contributed by atoms with Gasteiger partial charge in [-0.3, -0.25) is 14.4 Å². The van der Waals surface area contributed by atoms with E-state index in [1.165, 1.54) is 0 Å². The van der Waals surface area contributed by atoms with E-state index in [2.05, 4.69) is 12.2 Å². The molecular formula is C28H34N2O5S. The van der Waals surface area contributed by atoms with Crippen LogP contribution in [0.3, 0.4) is 0 Å². The maximum atomic E-state index is 14.5. The number of thioether (sulfide) groups is 1. The number of aliphatic hydroxyl groups excluding tert-OH is 1. The van der Waals surface area contributed by atoms with Crippen LogP contribution in [0.1, 0.15) is 37.3 Å². The van der Waals surface area contributed by atoms with Crippen molar-refractivity contribution in [3.8, 4) is 0 Å². The molecule has 1 aromatic carbocycles. The molecular weight excluding hydrogens is 476 g/mol. The fraction of sp³-hybridized carbons (Fsp3) is 0.536. The van der Waals surface area contributed by atoms with E-state index in [0.29, 0.717) is 19.6 Å². The molecule has 5 rings (SSSR count). The van der Waals surface area contributed by atoms with Crippen molar-refractivity contribution in [3.05, 3.63) is 53.6 Å². The van der Waals surface area contributed by atoms with Crippen molar-refractivity contribution in [1.82, 2.24) is 4.90 Å². The molecule has 1 unspecified atom stereocenters. The maximum absolute atomic E-state index is 14.5. The van der Waals surface area contributed by atoms with E-state index in [9.17, 15) is 19.5 Å². The molecule has 8 heteroatoms. The highest BCUT2D eigenvalue weighted by Gasteiger charge is 2.73. The van der Waals surface area contributed by atoms with Crippen LogP contribution in [0.15, 0.2) is 42.5 Å². The molecule has 1 aromatic rings. The van der Waals surface area contributed by atoms with E-state index in [-0.39, 0.29) is 30.9 Å². The van der Waals surface area contributed by atoms with E-state index in [1.807, 2.05) is 51.1 Å². The molecule has 4 heterocycles. The number of para-hydroxylation sites is 1. The van der Waals surface area contributed by atoms with Crippen molar-refractivity contribution in [2.45, 2.75) is 55.6 Å². The lowest BCUT2D eigenvalue weighted by Crippen LogP contribution is -2.54. The number of aliphatic hydroxyl groups is 1. The van der Waals surface area contributed by atoms with Gasteiger partial charge in [-0.25, -0.2) is 0 Å². The molecule has 0 saturated carbocycles. The van der Waals surface area contributed by atoms with Crippen molar-refractivity contribution in [3.63, 3.8) is 0 Å². The molecule has 4 aliphatic rings. The maximum Gasteiger partial charge on any atom is 0.311 e. The molecule has 4 aliphatic heterocycles. The van der Waals surface area contributed by atoms with Gasteiger partial charge in [-0.2, -0.15) is 0 Å². The van der Waals surface area contributed by atoms with E-state index in [1.54, 1.807) is 21.6 Å². The Morgan fingerprint density at radius 2 is 1.83 bits per heavy atom. The third-order valence-corrected chi connectivity index (χ3v) is 9.81. The molecule has 0 aliphatic carbocycles. The van der Waals surface area contributed by atoms with Gasteiger partial charge in [-0.15, -0.1) is 11.8 Å². The Balaban J connectivity index is 1.66. The Morgan fingerprint density at radius 3 is 2.56 bits per heavy atom. The van der Waals surface area contributed by atoms with Gasteiger partial charge >= 0.3 is 5.97 Å². The van der Waals surface area contributed by atoms with Gasteiger partial charge in [0, 0.05) is 30.1 Å². The van der Waals surface area contributed by atoms with Crippen molar-refractivity contribution in [1.29, 1.82) is 0 Å². The number of nitrogens with zero attached hydrogens (tertiary/aromatic N) is 2. The molecule has 7 nitrogen and oxygen atoms in total. The molecule has 0 radical (unpaired) electrons. The number of hydrogen-bond donors (Lipinski definition) is 1. The van der Waals surface area contributed by atoms with Gasteiger partial charge in [0.2, 0.25) is 5.91 Å². The predicted octanol–water partition coefficient (Wildman–Crippen LogP) is 3.17. The van der Waals surface area contributed by atoms with Crippen LogP contribution in [0.25, 0.3) is 0 Å². The molecule has 5 atom stereocenters. The van der Waals surface area contributed by atoms with Crippen molar-refractivity contribution in [2.24, 2.45) is 11.8 Å². The average molecular weight is 511 g/mol. The quantitative estimate of drug-likeness (QED) is 0.495. The SMILES string of the molecule is Cc1cccc(C)c1N1CC=C[C@]23S[C@]4(C)/C=C\CCCOC(=O)[C@@H]4[C@H]2C(=O)N(CCCO)C3C1=O. The summed E-state index contributed by atoms with van der Waals surface area (Å²) in [5, 5.41) is 9.57. The summed E-state index contributed by atoms with van der Waals surface area (Å²) in [5.41, 5.74) is 2.84. The van der Waals surface area contributed by atoms with Crippen LogP contribution in [0.2, 0.25) is 0 Å². The molecule has 2 amide bonds. The number of hydrogen-bond acceptors (Lipinski definition) is 6. The smallest absolute Gasteiger partial charge is 0.311 e. The number of esters is 1. The molecule has 2 fully saturated rings. The normalized spacial score (nSPS) is 34.8. The van der Waals surface area contributed by atoms with E-state index < -0.39 is 27.4 Å². The summed E-state index contributed by atoms with van der Waals surface area (Å²) in [4.78, 5) is 45.4. The number of fused-ring (bicyclic) bond motifs is 2. The summed E-state index contributed by atoms with van der Waals surface area (Å²) in [5.74, 6) is -2.14. The van der Waals surface area contributed by atoms with Gasteiger partial charge in [-0.1, -0.05) is 42.5 Å². The first kappa shape index (κ1) is 25.1.